The second-order valence-electron chi connectivity index (χ2n) is 12.8. The van der Waals surface area contributed by atoms with Crippen molar-refractivity contribution < 1.29 is 9.47 Å². The molecule has 0 unspecified atom stereocenters. The van der Waals surface area contributed by atoms with E-state index >= 15 is 0 Å². The zero-order valence-corrected chi connectivity index (χ0v) is 35.3. The number of nitrogens with one attached hydrogen (secondary N) is 1. The number of hydrogen-bond acceptors (Lipinski definition) is 10. The number of anilines is 5. The largest absolute Gasteiger partial charge is 0.399 e. The maximum absolute atomic E-state index is 7.04. The molecule has 0 aliphatic carbocycles. The van der Waals surface area contributed by atoms with E-state index < -0.39 is 0 Å². The molecule has 12 nitrogen and oxygen atoms in total. The molecule has 6 aromatic rings. The van der Waals surface area contributed by atoms with Gasteiger partial charge in [0.1, 0.15) is 0 Å². The van der Waals surface area contributed by atoms with Gasteiger partial charge in [-0.2, -0.15) is 13.5 Å². The van der Waals surface area contributed by atoms with E-state index in [-0.39, 0.29) is 18.8 Å². The molecule has 0 spiro atoms. The Hall–Kier alpha value is -6.66. The molecule has 8 rings (SSSR count). The van der Waals surface area contributed by atoms with E-state index in [1.165, 1.54) is 11.4 Å². The van der Waals surface area contributed by atoms with Crippen LogP contribution in [0.15, 0.2) is 122 Å². The molecule has 4 aromatic carbocycles. The number of rotatable bonds is 6. The number of nitrogen functional groups attached to an aromatic ring is 1. The van der Waals surface area contributed by atoms with E-state index in [0.29, 0.717) is 17.3 Å². The first kappa shape index (κ1) is 46.0. The molecular weight excluding hydrogens is 792 g/mol. The molecule has 0 atom stereocenters. The number of morpholine rings is 2. The monoisotopic (exact) mass is 838 g/mol. The summed E-state index contributed by atoms with van der Waals surface area (Å²) in [7, 11) is 0. The van der Waals surface area contributed by atoms with Crippen LogP contribution in [-0.2, 0) is 9.47 Å². The van der Waals surface area contributed by atoms with Gasteiger partial charge in [-0.25, -0.2) is 29.6 Å². The molecule has 0 bridgehead atoms. The first-order chi connectivity index (χ1) is 28.9. The molecule has 0 radical (unpaired) electrons. The van der Waals surface area contributed by atoms with Crippen LogP contribution in [0.4, 0.5) is 40.1 Å². The van der Waals surface area contributed by atoms with Crippen LogP contribution in [0, 0.1) is 25.0 Å². The van der Waals surface area contributed by atoms with Gasteiger partial charge in [-0.3, -0.25) is 0 Å². The molecule has 3 N–H and O–H groups in total. The van der Waals surface area contributed by atoms with E-state index in [1.54, 1.807) is 42.7 Å². The van der Waals surface area contributed by atoms with Crippen molar-refractivity contribution in [1.29, 1.82) is 0 Å². The average molecular weight is 839 g/mol. The van der Waals surface area contributed by atoms with Gasteiger partial charge in [0, 0.05) is 61.3 Å². The van der Waals surface area contributed by atoms with E-state index in [2.05, 4.69) is 80.8 Å². The van der Waals surface area contributed by atoms with Crippen molar-refractivity contribution in [1.82, 2.24) is 19.9 Å². The van der Waals surface area contributed by atoms with Crippen molar-refractivity contribution in [2.24, 2.45) is 0 Å². The Kier molecular flexibility index (Phi) is 19.2. The zero-order valence-electron chi connectivity index (χ0n) is 33.6. The number of ether oxygens (including phenoxy) is 2. The summed E-state index contributed by atoms with van der Waals surface area (Å²) >= 11 is 5.68. The molecule has 0 saturated carbocycles. The number of nitrogens with zero attached hydrogens (tertiary/aromatic N) is 8. The lowest BCUT2D eigenvalue weighted by Gasteiger charge is -2.28. The SMILES string of the molecule is CC#CC.Nc1ccc(N2CCOCC2)cc1.S.[C-]#[N+]c1ccc(-c2ccnc(Cl)n2)cc1.[C-]#[N+]c1ccc(-c2ccnc(Nc3ccc(N4CCOCC4)cc3)n2)cc1. The van der Waals surface area contributed by atoms with Crippen LogP contribution in [0.5, 0.6) is 0 Å². The quantitative estimate of drug-likeness (QED) is 0.0726. The van der Waals surface area contributed by atoms with E-state index in [4.69, 9.17) is 40.0 Å². The van der Waals surface area contributed by atoms with Crippen molar-refractivity contribution in [2.75, 3.05) is 73.5 Å². The Balaban J connectivity index is 0.000000204. The fourth-order valence-electron chi connectivity index (χ4n) is 5.70. The van der Waals surface area contributed by atoms with Crippen molar-refractivity contribution in [3.8, 4) is 34.4 Å². The summed E-state index contributed by atoms with van der Waals surface area (Å²) in [5, 5.41) is 3.48. The summed E-state index contributed by atoms with van der Waals surface area (Å²) in [6.07, 6.45) is 3.34. The molecule has 2 aliphatic rings. The summed E-state index contributed by atoms with van der Waals surface area (Å²) in [4.78, 5) is 28.1. The molecule has 306 valence electrons. The van der Waals surface area contributed by atoms with Crippen molar-refractivity contribution in [2.45, 2.75) is 13.8 Å². The highest BCUT2D eigenvalue weighted by Crippen LogP contribution is 2.25. The molecule has 60 heavy (non-hydrogen) atoms. The van der Waals surface area contributed by atoms with Crippen molar-refractivity contribution in [3.05, 3.63) is 150 Å². The number of benzene rings is 4. The summed E-state index contributed by atoms with van der Waals surface area (Å²) in [5.74, 6) is 5.90. The van der Waals surface area contributed by atoms with Crippen LogP contribution < -0.4 is 20.9 Å². The van der Waals surface area contributed by atoms with Gasteiger partial charge in [0.2, 0.25) is 11.2 Å². The van der Waals surface area contributed by atoms with Crippen LogP contribution in [0.1, 0.15) is 13.8 Å². The normalized spacial score (nSPS) is 12.6. The highest BCUT2D eigenvalue weighted by molar-refractivity contribution is 7.59. The van der Waals surface area contributed by atoms with Gasteiger partial charge in [0.25, 0.3) is 0 Å². The number of hydrogen-bond donors (Lipinski definition) is 2. The first-order valence-corrected chi connectivity index (χ1v) is 19.3. The Morgan fingerprint density at radius 3 is 1.48 bits per heavy atom. The molecular formula is C46H47ClN10O2S. The van der Waals surface area contributed by atoms with Gasteiger partial charge in [-0.1, -0.05) is 48.5 Å². The molecule has 2 aromatic heterocycles. The van der Waals surface area contributed by atoms with Gasteiger partial charge in [-0.15, -0.1) is 11.8 Å². The minimum Gasteiger partial charge on any atom is -0.399 e. The summed E-state index contributed by atoms with van der Waals surface area (Å²) < 4.78 is 10.7. The molecule has 2 aliphatic heterocycles. The smallest absolute Gasteiger partial charge is 0.227 e. The lowest BCUT2D eigenvalue weighted by Crippen LogP contribution is -2.36. The fourth-order valence-corrected chi connectivity index (χ4v) is 5.85. The second-order valence-corrected chi connectivity index (χ2v) is 13.1. The number of nitrogens with two attached hydrogens (primary N) is 1. The first-order valence-electron chi connectivity index (χ1n) is 18.9. The summed E-state index contributed by atoms with van der Waals surface area (Å²) in [5.41, 5.74) is 14.5. The zero-order chi connectivity index (χ0) is 41.7. The summed E-state index contributed by atoms with van der Waals surface area (Å²) in [6.45, 7) is 24.5. The van der Waals surface area contributed by atoms with Crippen LogP contribution in [0.2, 0.25) is 5.28 Å². The highest BCUT2D eigenvalue weighted by Gasteiger charge is 2.12. The third-order valence-electron chi connectivity index (χ3n) is 8.89. The van der Waals surface area contributed by atoms with Crippen molar-refractivity contribution >= 4 is 65.2 Å². The van der Waals surface area contributed by atoms with Crippen LogP contribution in [0.25, 0.3) is 32.2 Å². The maximum Gasteiger partial charge on any atom is 0.227 e. The highest BCUT2D eigenvalue weighted by atomic mass is 35.5. The number of aromatic nitrogens is 4. The summed E-state index contributed by atoms with van der Waals surface area (Å²) in [6, 6.07) is 34.4. The molecule has 4 heterocycles. The third-order valence-corrected chi connectivity index (χ3v) is 9.07. The van der Waals surface area contributed by atoms with Crippen LogP contribution in [0.3, 0.4) is 0 Å². The van der Waals surface area contributed by atoms with Crippen molar-refractivity contribution in [3.63, 3.8) is 0 Å². The average Bonchev–Trinajstić information content (AvgIpc) is 3.31. The van der Waals surface area contributed by atoms with E-state index in [9.17, 15) is 0 Å². The Labute approximate surface area is 364 Å². The maximum atomic E-state index is 7.04. The minimum absolute atomic E-state index is 0. The van der Waals surface area contributed by atoms with Gasteiger partial charge in [0.15, 0.2) is 11.4 Å². The van der Waals surface area contributed by atoms with E-state index in [0.717, 1.165) is 86.5 Å². The van der Waals surface area contributed by atoms with E-state index in [1.807, 2.05) is 68.4 Å². The number of halogens is 1. The minimum atomic E-state index is 0. The lowest BCUT2D eigenvalue weighted by atomic mass is 10.1. The van der Waals surface area contributed by atoms with Gasteiger partial charge in [-0.05, 0) is 97.2 Å². The predicted octanol–water partition coefficient (Wildman–Crippen LogP) is 9.87. The van der Waals surface area contributed by atoms with Gasteiger partial charge >= 0.3 is 0 Å². The van der Waals surface area contributed by atoms with Crippen LogP contribution in [-0.4, -0.2) is 72.5 Å². The Morgan fingerprint density at radius 1 is 0.617 bits per heavy atom. The third kappa shape index (κ3) is 14.6. The molecule has 14 heteroatoms. The van der Waals surface area contributed by atoms with Crippen LogP contribution >= 0.6 is 25.1 Å². The van der Waals surface area contributed by atoms with Gasteiger partial charge < -0.3 is 30.3 Å². The standard InChI is InChI=1S/C21H19N5O.C11H6ClN3.C10H14N2O.C4H6.H2S/c1-22-17-4-2-16(3-5-17)20-10-11-23-21(25-20)24-18-6-8-19(9-7-18)26-12-14-27-15-13-26;1-13-9-4-2-8(3-5-9)10-6-7-14-11(12)15-10;11-9-1-3-10(4-2-9)12-5-7-13-8-6-12;1-3-4-2;/h2-11H,12-15H2,(H,23,24,25);2-7H;1-4H,5-8,11H2;1-2H3;1H2. The Bertz CT molecular complexity index is 2340. The molecule has 2 saturated heterocycles. The second kappa shape index (κ2) is 25.0. The predicted molar refractivity (Wildman–Crippen MR) is 249 cm³/mol. The molecule has 2 fully saturated rings. The molecule has 0 amide bonds. The Morgan fingerprint density at radius 2 is 1.05 bits per heavy atom. The van der Waals surface area contributed by atoms with Gasteiger partial charge in [0.05, 0.1) is 51.0 Å². The fraction of sp³-hybridized carbons (Fsp3) is 0.217. The topological polar surface area (TPSA) is 123 Å². The lowest BCUT2D eigenvalue weighted by molar-refractivity contribution is 0.122.